The topological polar surface area (TPSA) is 91.2 Å². The lowest BCUT2D eigenvalue weighted by Gasteiger charge is -2.19. The number of carbonyl (C=O) groups excluding carboxylic acids is 1. The van der Waals surface area contributed by atoms with Crippen LogP contribution in [0, 0.1) is 0 Å². The third kappa shape index (κ3) is 3.07. The molecule has 20 heavy (non-hydrogen) atoms. The van der Waals surface area contributed by atoms with E-state index in [4.69, 9.17) is 15.4 Å². The van der Waals surface area contributed by atoms with Crippen LogP contribution >= 0.6 is 10.7 Å². The Morgan fingerprint density at radius 3 is 2.55 bits per heavy atom. The Morgan fingerprint density at radius 2 is 2.00 bits per heavy atom. The normalized spacial score (nSPS) is 12.6. The van der Waals surface area contributed by atoms with Gasteiger partial charge < -0.3 is 4.74 Å². The molecule has 0 aliphatic rings. The molecule has 0 atom stereocenters. The zero-order valence-corrected chi connectivity index (χ0v) is 12.6. The van der Waals surface area contributed by atoms with Gasteiger partial charge in [-0.15, -0.1) is 0 Å². The number of ether oxygens (including phenoxy) is 1. The molecular formula is C11H12ClN3O4S. The maximum atomic E-state index is 11.9. The number of halogens is 1. The number of pyridine rings is 1. The number of rotatable bonds is 1. The summed E-state index contributed by atoms with van der Waals surface area (Å²) in [4.78, 5) is 15.6. The van der Waals surface area contributed by atoms with E-state index in [1.54, 1.807) is 20.8 Å². The molecule has 108 valence electrons. The van der Waals surface area contributed by atoms with E-state index in [-0.39, 0.29) is 5.03 Å². The summed E-state index contributed by atoms with van der Waals surface area (Å²) < 4.78 is 28.6. The Kier molecular flexibility index (Phi) is 3.47. The van der Waals surface area contributed by atoms with E-state index >= 15 is 0 Å². The summed E-state index contributed by atoms with van der Waals surface area (Å²) in [5.41, 5.74) is -0.328. The SMILES string of the molecule is CC(C)(C)OC(=O)n1ncc2cc(S(=O)(=O)Cl)ncc21. The second kappa shape index (κ2) is 4.71. The van der Waals surface area contributed by atoms with Crippen LogP contribution in [0.2, 0.25) is 0 Å². The summed E-state index contributed by atoms with van der Waals surface area (Å²) in [6, 6.07) is 1.24. The molecule has 0 saturated carbocycles. The van der Waals surface area contributed by atoms with E-state index in [1.165, 1.54) is 18.5 Å². The van der Waals surface area contributed by atoms with Crippen LogP contribution in [0.5, 0.6) is 0 Å². The first kappa shape index (κ1) is 14.7. The van der Waals surface area contributed by atoms with Gasteiger partial charge in [0.25, 0.3) is 9.05 Å². The van der Waals surface area contributed by atoms with Crippen molar-refractivity contribution in [3.63, 3.8) is 0 Å². The molecule has 0 saturated heterocycles. The lowest BCUT2D eigenvalue weighted by atomic mass is 10.2. The molecule has 0 spiro atoms. The first-order chi connectivity index (χ1) is 9.08. The Hall–Kier alpha value is -1.67. The van der Waals surface area contributed by atoms with Crippen molar-refractivity contribution in [3.8, 4) is 0 Å². The van der Waals surface area contributed by atoms with Crippen molar-refractivity contribution in [2.45, 2.75) is 31.4 Å². The van der Waals surface area contributed by atoms with Gasteiger partial charge in [0.05, 0.1) is 17.9 Å². The number of carbonyl (C=O) groups is 1. The highest BCUT2D eigenvalue weighted by atomic mass is 35.7. The summed E-state index contributed by atoms with van der Waals surface area (Å²) in [5, 5.41) is 3.99. The van der Waals surface area contributed by atoms with Gasteiger partial charge in [0.1, 0.15) is 5.60 Å². The van der Waals surface area contributed by atoms with Crippen LogP contribution in [-0.4, -0.2) is 34.9 Å². The van der Waals surface area contributed by atoms with E-state index < -0.39 is 20.7 Å². The molecule has 2 heterocycles. The zero-order chi connectivity index (χ0) is 15.1. The fourth-order valence-electron chi connectivity index (χ4n) is 1.49. The van der Waals surface area contributed by atoms with Crippen LogP contribution in [-0.2, 0) is 13.8 Å². The fraction of sp³-hybridized carbons (Fsp3) is 0.364. The summed E-state index contributed by atoms with van der Waals surface area (Å²) in [6.07, 6.45) is 1.88. The van der Waals surface area contributed by atoms with Crippen molar-refractivity contribution in [1.82, 2.24) is 14.8 Å². The number of hydrogen-bond acceptors (Lipinski definition) is 6. The molecule has 2 aromatic heterocycles. The molecule has 0 aliphatic heterocycles. The Bertz CT molecular complexity index is 777. The van der Waals surface area contributed by atoms with E-state index in [1.807, 2.05) is 0 Å². The molecule has 0 unspecified atom stereocenters. The highest BCUT2D eigenvalue weighted by Crippen LogP contribution is 2.20. The number of hydrogen-bond donors (Lipinski definition) is 0. The molecule has 0 aromatic carbocycles. The highest BCUT2D eigenvalue weighted by Gasteiger charge is 2.21. The van der Waals surface area contributed by atoms with Gasteiger partial charge in [-0.3, -0.25) is 0 Å². The molecule has 0 fully saturated rings. The predicted octanol–water partition coefficient (Wildman–Crippen LogP) is 2.14. The van der Waals surface area contributed by atoms with Crippen molar-refractivity contribution in [2.75, 3.05) is 0 Å². The summed E-state index contributed by atoms with van der Waals surface area (Å²) >= 11 is 0. The van der Waals surface area contributed by atoms with Gasteiger partial charge in [-0.05, 0) is 26.8 Å². The molecule has 0 aliphatic carbocycles. The van der Waals surface area contributed by atoms with E-state index in [2.05, 4.69) is 10.1 Å². The Balaban J connectivity index is 2.46. The van der Waals surface area contributed by atoms with Crippen LogP contribution in [0.15, 0.2) is 23.5 Å². The van der Waals surface area contributed by atoms with Gasteiger partial charge in [-0.1, -0.05) is 0 Å². The highest BCUT2D eigenvalue weighted by molar-refractivity contribution is 8.13. The van der Waals surface area contributed by atoms with E-state index in [0.717, 1.165) is 4.68 Å². The minimum Gasteiger partial charge on any atom is -0.442 e. The van der Waals surface area contributed by atoms with Crippen LogP contribution in [0.1, 0.15) is 20.8 Å². The lowest BCUT2D eigenvalue weighted by molar-refractivity contribution is 0.0522. The predicted molar refractivity (Wildman–Crippen MR) is 72.2 cm³/mol. The molecule has 9 heteroatoms. The van der Waals surface area contributed by atoms with Gasteiger partial charge in [-0.25, -0.2) is 18.2 Å². The Labute approximate surface area is 119 Å². The molecule has 2 rings (SSSR count). The first-order valence-electron chi connectivity index (χ1n) is 5.60. The Morgan fingerprint density at radius 1 is 1.35 bits per heavy atom. The molecular weight excluding hydrogens is 306 g/mol. The monoisotopic (exact) mass is 317 g/mol. The number of nitrogens with zero attached hydrogens (tertiary/aromatic N) is 3. The van der Waals surface area contributed by atoms with Gasteiger partial charge in [0.2, 0.25) is 0 Å². The van der Waals surface area contributed by atoms with Crippen molar-refractivity contribution in [1.29, 1.82) is 0 Å². The number of fused-ring (bicyclic) bond motifs is 1. The largest absolute Gasteiger partial charge is 0.442 e. The van der Waals surface area contributed by atoms with Crippen molar-refractivity contribution >= 4 is 36.7 Å². The van der Waals surface area contributed by atoms with Gasteiger partial charge in [0.15, 0.2) is 5.03 Å². The maximum absolute atomic E-state index is 11.9. The average Bonchev–Trinajstić information content (AvgIpc) is 2.67. The van der Waals surface area contributed by atoms with E-state index in [9.17, 15) is 13.2 Å². The van der Waals surface area contributed by atoms with Crippen molar-refractivity contribution in [2.24, 2.45) is 0 Å². The first-order valence-corrected chi connectivity index (χ1v) is 7.91. The minimum absolute atomic E-state index is 0.296. The molecule has 0 bridgehead atoms. The maximum Gasteiger partial charge on any atom is 0.435 e. The standard InChI is InChI=1S/C11H12ClN3O4S/c1-11(2,3)19-10(16)15-8-6-13-9(20(12,17)18)4-7(8)5-14-15/h4-6H,1-3H3. The van der Waals surface area contributed by atoms with Gasteiger partial charge in [0, 0.05) is 16.1 Å². The van der Waals surface area contributed by atoms with Crippen LogP contribution in [0.25, 0.3) is 10.9 Å². The number of aromatic nitrogens is 3. The van der Waals surface area contributed by atoms with Crippen LogP contribution < -0.4 is 0 Å². The smallest absolute Gasteiger partial charge is 0.435 e. The van der Waals surface area contributed by atoms with Crippen molar-refractivity contribution < 1.29 is 17.9 Å². The van der Waals surface area contributed by atoms with Gasteiger partial charge >= 0.3 is 6.09 Å². The minimum atomic E-state index is -3.93. The second-order valence-corrected chi connectivity index (χ2v) is 7.57. The zero-order valence-electron chi connectivity index (χ0n) is 11.0. The molecule has 0 radical (unpaired) electrons. The average molecular weight is 318 g/mol. The molecule has 0 amide bonds. The fourth-order valence-corrected chi connectivity index (χ4v) is 2.19. The van der Waals surface area contributed by atoms with Crippen LogP contribution in [0.4, 0.5) is 4.79 Å². The van der Waals surface area contributed by atoms with E-state index in [0.29, 0.717) is 10.9 Å². The molecule has 7 nitrogen and oxygen atoms in total. The third-order valence-electron chi connectivity index (χ3n) is 2.25. The molecule has 0 N–H and O–H groups in total. The van der Waals surface area contributed by atoms with Crippen LogP contribution in [0.3, 0.4) is 0 Å². The summed E-state index contributed by atoms with van der Waals surface area (Å²) in [5.74, 6) is 0. The second-order valence-electron chi connectivity index (χ2n) is 5.06. The molecule has 2 aromatic rings. The third-order valence-corrected chi connectivity index (χ3v) is 3.44. The van der Waals surface area contributed by atoms with Gasteiger partial charge in [-0.2, -0.15) is 9.78 Å². The lowest BCUT2D eigenvalue weighted by Crippen LogP contribution is -2.27. The summed E-state index contributed by atoms with van der Waals surface area (Å²) in [6.45, 7) is 5.19. The quantitative estimate of drug-likeness (QED) is 0.748. The van der Waals surface area contributed by atoms with Crippen molar-refractivity contribution in [3.05, 3.63) is 18.5 Å². The summed E-state index contributed by atoms with van der Waals surface area (Å²) in [7, 11) is 1.28.